The lowest BCUT2D eigenvalue weighted by atomic mass is 9.93. The Balaban J connectivity index is 1.13. The van der Waals surface area contributed by atoms with Crippen molar-refractivity contribution in [3.63, 3.8) is 0 Å². The van der Waals surface area contributed by atoms with E-state index in [4.69, 9.17) is 18.9 Å². The molecule has 0 spiro atoms. The number of nitrogens with one attached hydrogen (secondary N) is 1. The Labute approximate surface area is 226 Å². The third-order valence-electron chi connectivity index (χ3n) is 8.18. The fourth-order valence-corrected chi connectivity index (χ4v) is 6.19. The van der Waals surface area contributed by atoms with Gasteiger partial charge in [-0.3, -0.25) is 9.59 Å². The second-order valence-corrected chi connectivity index (χ2v) is 10.6. The van der Waals surface area contributed by atoms with Crippen LogP contribution in [0.1, 0.15) is 32.7 Å². The van der Waals surface area contributed by atoms with E-state index in [1.54, 1.807) is 18.2 Å². The van der Waals surface area contributed by atoms with Gasteiger partial charge in [-0.25, -0.2) is 0 Å². The number of fused-ring (bicyclic) bond motifs is 3. The average molecular weight is 527 g/mol. The van der Waals surface area contributed by atoms with Crippen LogP contribution in [0.5, 0.6) is 23.0 Å². The van der Waals surface area contributed by atoms with Gasteiger partial charge in [0.05, 0.1) is 11.6 Å². The highest BCUT2D eigenvalue weighted by Gasteiger charge is 2.54. The van der Waals surface area contributed by atoms with Crippen molar-refractivity contribution in [2.75, 3.05) is 39.5 Å². The molecule has 39 heavy (non-hydrogen) atoms. The Hall–Kier alpha value is -4.20. The molecule has 1 saturated heterocycles. The zero-order valence-corrected chi connectivity index (χ0v) is 21.8. The van der Waals surface area contributed by atoms with Crippen LogP contribution in [0.15, 0.2) is 54.6 Å². The summed E-state index contributed by atoms with van der Waals surface area (Å²) < 4.78 is 22.9. The first-order valence-corrected chi connectivity index (χ1v) is 13.6. The molecule has 7 rings (SSSR count). The molecule has 1 aliphatic carbocycles. The monoisotopic (exact) mass is 526 g/mol. The first kappa shape index (κ1) is 23.9. The van der Waals surface area contributed by atoms with Gasteiger partial charge < -0.3 is 29.2 Å². The minimum absolute atomic E-state index is 0.0103. The minimum Gasteiger partial charge on any atom is -0.486 e. The van der Waals surface area contributed by atoms with Gasteiger partial charge in [0.15, 0.2) is 23.0 Å². The number of para-hydroxylation sites is 1. The molecule has 3 aliphatic heterocycles. The molecule has 2 fully saturated rings. The number of carbonyl (C=O) groups is 2. The van der Waals surface area contributed by atoms with E-state index in [0.717, 1.165) is 28.9 Å². The van der Waals surface area contributed by atoms with Crippen LogP contribution in [0.2, 0.25) is 0 Å². The van der Waals surface area contributed by atoms with Crippen LogP contribution in [0.25, 0.3) is 11.1 Å². The Kier molecular flexibility index (Phi) is 5.83. The minimum atomic E-state index is -0.221. The van der Waals surface area contributed by atoms with E-state index < -0.39 is 0 Å². The molecule has 200 valence electrons. The fraction of sp³-hybridized carbons (Fsp3) is 0.355. The van der Waals surface area contributed by atoms with Crippen LogP contribution in [0, 0.1) is 18.8 Å². The molecule has 0 bridgehead atoms. The van der Waals surface area contributed by atoms with E-state index in [9.17, 15) is 9.59 Å². The number of aryl methyl sites for hydroxylation is 1. The number of amides is 2. The molecule has 3 aromatic rings. The average Bonchev–Trinajstić information content (AvgIpc) is 3.65. The molecule has 1 saturated carbocycles. The molecule has 8 heteroatoms. The van der Waals surface area contributed by atoms with E-state index in [0.29, 0.717) is 79.7 Å². The molecule has 3 atom stereocenters. The molecule has 3 heterocycles. The van der Waals surface area contributed by atoms with Crippen molar-refractivity contribution >= 4 is 11.8 Å². The number of ether oxygens (including phenoxy) is 4. The summed E-state index contributed by atoms with van der Waals surface area (Å²) in [6.45, 7) is 5.03. The normalized spacial score (nSPS) is 22.2. The highest BCUT2D eigenvalue weighted by atomic mass is 16.6. The number of piperidine rings is 1. The summed E-state index contributed by atoms with van der Waals surface area (Å²) in [7, 11) is 0. The van der Waals surface area contributed by atoms with E-state index in [2.05, 4.69) is 5.32 Å². The first-order valence-electron chi connectivity index (χ1n) is 13.6. The van der Waals surface area contributed by atoms with Gasteiger partial charge in [-0.2, -0.15) is 0 Å². The standard InChI is InChI=1S/C31H30N2O6/c1-18-4-2-5-21(28(18)19-8-9-25-27(15-19)38-11-10-36-25)31(35)33-17-20-14-23(20)24(33)16-32-30(34)22-6-3-7-26-29(22)39-13-12-37-26/h2-9,15,20,23-24H,10-14,16-17H2,1H3,(H,32,34)/t20-,23-,24-/m1/s1. The first-order chi connectivity index (χ1) is 19.1. The van der Waals surface area contributed by atoms with E-state index >= 15 is 0 Å². The van der Waals surface area contributed by atoms with Crippen molar-refractivity contribution in [1.82, 2.24) is 10.2 Å². The van der Waals surface area contributed by atoms with Crippen molar-refractivity contribution in [1.29, 1.82) is 0 Å². The summed E-state index contributed by atoms with van der Waals surface area (Å²) in [5, 5.41) is 3.08. The summed E-state index contributed by atoms with van der Waals surface area (Å²) in [6, 6.07) is 17.0. The SMILES string of the molecule is Cc1cccc(C(=O)N2C[C@H]3C[C@H]3[C@H]2CNC(=O)c2cccc3c2OCCO3)c1-c1ccc2c(c1)OCCO2. The number of nitrogens with zero attached hydrogens (tertiary/aromatic N) is 1. The quantitative estimate of drug-likeness (QED) is 0.539. The third-order valence-corrected chi connectivity index (χ3v) is 8.18. The summed E-state index contributed by atoms with van der Waals surface area (Å²) >= 11 is 0. The number of hydrogen-bond donors (Lipinski definition) is 1. The van der Waals surface area contributed by atoms with E-state index in [-0.39, 0.29) is 17.9 Å². The van der Waals surface area contributed by atoms with E-state index in [1.165, 1.54) is 0 Å². The maximum Gasteiger partial charge on any atom is 0.255 e. The second kappa shape index (κ2) is 9.52. The zero-order chi connectivity index (χ0) is 26.5. The number of carbonyl (C=O) groups excluding carboxylic acids is 2. The summed E-state index contributed by atoms with van der Waals surface area (Å²) in [6.07, 6.45) is 1.09. The predicted octanol–water partition coefficient (Wildman–Crippen LogP) is 4.09. The molecule has 2 amide bonds. The Morgan fingerprint density at radius 2 is 1.62 bits per heavy atom. The number of benzene rings is 3. The van der Waals surface area contributed by atoms with Gasteiger partial charge in [-0.05, 0) is 72.2 Å². The van der Waals surface area contributed by atoms with Crippen LogP contribution >= 0.6 is 0 Å². The molecule has 0 radical (unpaired) electrons. The van der Waals surface area contributed by atoms with Crippen molar-refractivity contribution in [3.05, 3.63) is 71.3 Å². The fourth-order valence-electron chi connectivity index (χ4n) is 6.19. The Morgan fingerprint density at radius 3 is 2.49 bits per heavy atom. The van der Waals surface area contributed by atoms with Crippen LogP contribution < -0.4 is 24.3 Å². The van der Waals surface area contributed by atoms with Gasteiger partial charge >= 0.3 is 0 Å². The summed E-state index contributed by atoms with van der Waals surface area (Å²) in [5.74, 6) is 3.14. The smallest absolute Gasteiger partial charge is 0.255 e. The van der Waals surface area contributed by atoms with Crippen LogP contribution in [-0.4, -0.2) is 62.3 Å². The van der Waals surface area contributed by atoms with Crippen molar-refractivity contribution in [3.8, 4) is 34.1 Å². The number of likely N-dealkylation sites (tertiary alicyclic amines) is 1. The Morgan fingerprint density at radius 1 is 0.872 bits per heavy atom. The molecular weight excluding hydrogens is 496 g/mol. The number of rotatable bonds is 5. The van der Waals surface area contributed by atoms with Gasteiger partial charge in [0.1, 0.15) is 26.4 Å². The van der Waals surface area contributed by atoms with Crippen LogP contribution in [0.3, 0.4) is 0 Å². The predicted molar refractivity (Wildman–Crippen MR) is 144 cm³/mol. The van der Waals surface area contributed by atoms with Gasteiger partial charge in [0, 0.05) is 18.7 Å². The maximum atomic E-state index is 14.1. The third kappa shape index (κ3) is 4.24. The van der Waals surface area contributed by atoms with Gasteiger partial charge in [0.25, 0.3) is 11.8 Å². The van der Waals surface area contributed by atoms with E-state index in [1.807, 2.05) is 48.2 Å². The second-order valence-electron chi connectivity index (χ2n) is 10.6. The molecule has 0 aromatic heterocycles. The Bertz CT molecular complexity index is 1470. The largest absolute Gasteiger partial charge is 0.486 e. The topological polar surface area (TPSA) is 86.3 Å². The zero-order valence-electron chi connectivity index (χ0n) is 21.8. The summed E-state index contributed by atoms with van der Waals surface area (Å²) in [5.41, 5.74) is 3.95. The number of hydrogen-bond acceptors (Lipinski definition) is 6. The van der Waals surface area contributed by atoms with Crippen LogP contribution in [-0.2, 0) is 0 Å². The van der Waals surface area contributed by atoms with Gasteiger partial charge in [-0.15, -0.1) is 0 Å². The lowest BCUT2D eigenvalue weighted by molar-refractivity contribution is 0.0695. The van der Waals surface area contributed by atoms with Crippen LogP contribution in [0.4, 0.5) is 0 Å². The molecule has 1 N–H and O–H groups in total. The highest BCUT2D eigenvalue weighted by molar-refractivity contribution is 6.02. The van der Waals surface area contributed by atoms with Crippen molar-refractivity contribution in [2.45, 2.75) is 19.4 Å². The van der Waals surface area contributed by atoms with Crippen molar-refractivity contribution in [2.24, 2.45) is 11.8 Å². The molecular formula is C31H30N2O6. The molecule has 3 aromatic carbocycles. The highest BCUT2D eigenvalue weighted by Crippen LogP contribution is 2.50. The maximum absolute atomic E-state index is 14.1. The molecule has 0 unspecified atom stereocenters. The van der Waals surface area contributed by atoms with Gasteiger partial charge in [-0.1, -0.05) is 24.3 Å². The summed E-state index contributed by atoms with van der Waals surface area (Å²) in [4.78, 5) is 29.2. The molecule has 4 aliphatic rings. The van der Waals surface area contributed by atoms with Gasteiger partial charge in [0.2, 0.25) is 0 Å². The van der Waals surface area contributed by atoms with Crippen molar-refractivity contribution < 1.29 is 28.5 Å². The molecule has 8 nitrogen and oxygen atoms in total. The lowest BCUT2D eigenvalue weighted by Gasteiger charge is -2.29. The lowest BCUT2D eigenvalue weighted by Crippen LogP contribution is -2.45.